The van der Waals surface area contributed by atoms with Crippen molar-refractivity contribution in [2.45, 2.75) is 51.6 Å². The number of aromatic nitrogens is 4. The molecule has 3 heterocycles. The number of nitrogens with one attached hydrogen (secondary N) is 1. The van der Waals surface area contributed by atoms with Gasteiger partial charge in [-0.1, -0.05) is 25.2 Å². The van der Waals surface area contributed by atoms with Crippen LogP contribution in [0, 0.1) is 0 Å². The first kappa shape index (κ1) is 15.4. The number of nitrogens with zero attached hydrogens (tertiary/aromatic N) is 4. The molecule has 2 aromatic heterocycles. The molecule has 1 aliphatic heterocycles. The molecule has 1 unspecified atom stereocenters. The molecule has 0 bridgehead atoms. The molecule has 2 aromatic rings. The van der Waals surface area contributed by atoms with E-state index in [4.69, 9.17) is 4.74 Å². The van der Waals surface area contributed by atoms with Gasteiger partial charge in [-0.25, -0.2) is 0 Å². The summed E-state index contributed by atoms with van der Waals surface area (Å²) in [5.41, 5.74) is 0. The monoisotopic (exact) mass is 323 g/mol. The second kappa shape index (κ2) is 6.70. The normalized spacial score (nSPS) is 18.4. The topological polar surface area (TPSA) is 81.4 Å². The maximum atomic E-state index is 11.9. The van der Waals surface area contributed by atoms with Crippen LogP contribution in [0.2, 0.25) is 0 Å². The van der Waals surface area contributed by atoms with Gasteiger partial charge >= 0.3 is 0 Å². The van der Waals surface area contributed by atoms with Crippen molar-refractivity contribution in [1.82, 2.24) is 25.1 Å². The third-order valence-electron chi connectivity index (χ3n) is 3.69. The first-order valence-electron chi connectivity index (χ1n) is 7.73. The molecule has 0 aliphatic carbocycles. The average molecular weight is 323 g/mol. The summed E-state index contributed by atoms with van der Waals surface area (Å²) in [5.74, 6) is 1.19. The van der Waals surface area contributed by atoms with Crippen LogP contribution in [0.5, 0.6) is 0 Å². The van der Waals surface area contributed by atoms with Gasteiger partial charge in [-0.05, 0) is 12.8 Å². The molecule has 120 valence electrons. The number of rotatable bonds is 6. The first-order chi connectivity index (χ1) is 10.6. The minimum Gasteiger partial charge on any atom is -0.376 e. The van der Waals surface area contributed by atoms with Gasteiger partial charge < -0.3 is 10.1 Å². The molecular weight excluding hydrogens is 302 g/mol. The Balaban J connectivity index is 1.51. The number of aryl methyl sites for hydroxylation is 1. The van der Waals surface area contributed by atoms with Gasteiger partial charge in [0, 0.05) is 31.9 Å². The maximum Gasteiger partial charge on any atom is 0.234 e. The van der Waals surface area contributed by atoms with Crippen LogP contribution < -0.4 is 5.32 Å². The molecule has 1 amide bonds. The predicted octanol–water partition coefficient (Wildman–Crippen LogP) is 1.54. The van der Waals surface area contributed by atoms with Crippen molar-refractivity contribution in [3.63, 3.8) is 0 Å². The second-order valence-corrected chi connectivity index (χ2v) is 6.88. The summed E-state index contributed by atoms with van der Waals surface area (Å²) >= 11 is 1.49. The van der Waals surface area contributed by atoms with Crippen molar-refractivity contribution >= 4 is 22.2 Å². The summed E-state index contributed by atoms with van der Waals surface area (Å²) < 4.78 is 7.27. The number of fused-ring (bicyclic) bond motifs is 1. The van der Waals surface area contributed by atoms with Gasteiger partial charge in [0.2, 0.25) is 10.9 Å². The second-order valence-electron chi connectivity index (χ2n) is 5.84. The number of ether oxygens (including phenoxy) is 1. The van der Waals surface area contributed by atoms with Gasteiger partial charge in [-0.3, -0.25) is 4.79 Å². The van der Waals surface area contributed by atoms with Gasteiger partial charge in [-0.2, -0.15) is 9.61 Å². The third kappa shape index (κ3) is 3.44. The fourth-order valence-electron chi connectivity index (χ4n) is 2.47. The Hall–Kier alpha value is -1.54. The highest BCUT2D eigenvalue weighted by Crippen LogP contribution is 2.19. The SMILES string of the molecule is CC(C)c1nnc2sc(CCC(=O)NCC3CCCO3)nn12. The zero-order chi connectivity index (χ0) is 15.5. The standard InChI is InChI=1S/C14H21N5O2S/c1-9(2)13-16-17-14-19(13)18-12(22-14)6-5-11(20)15-8-10-4-3-7-21-10/h9-10H,3-8H2,1-2H3,(H,15,20). The zero-order valence-electron chi connectivity index (χ0n) is 12.9. The lowest BCUT2D eigenvalue weighted by Crippen LogP contribution is -2.31. The van der Waals surface area contributed by atoms with Gasteiger partial charge in [0.05, 0.1) is 6.10 Å². The Bertz CT molecular complexity index is 645. The van der Waals surface area contributed by atoms with E-state index >= 15 is 0 Å². The van der Waals surface area contributed by atoms with E-state index in [9.17, 15) is 4.79 Å². The highest BCUT2D eigenvalue weighted by molar-refractivity contribution is 7.16. The maximum absolute atomic E-state index is 11.9. The molecule has 3 rings (SSSR count). The van der Waals surface area contributed by atoms with Crippen molar-refractivity contribution in [3.05, 3.63) is 10.8 Å². The highest BCUT2D eigenvalue weighted by Gasteiger charge is 2.17. The van der Waals surface area contributed by atoms with Gasteiger partial charge in [-0.15, -0.1) is 10.2 Å². The number of amides is 1. The summed E-state index contributed by atoms with van der Waals surface area (Å²) in [6.45, 7) is 5.55. The van der Waals surface area contributed by atoms with E-state index in [1.54, 1.807) is 4.52 Å². The van der Waals surface area contributed by atoms with Gasteiger partial charge in [0.25, 0.3) is 0 Å². The van der Waals surface area contributed by atoms with Gasteiger partial charge in [0.15, 0.2) is 5.82 Å². The molecule has 0 aromatic carbocycles. The molecule has 1 fully saturated rings. The van der Waals surface area contributed by atoms with E-state index in [0.717, 1.165) is 35.2 Å². The van der Waals surface area contributed by atoms with Crippen LogP contribution in [0.3, 0.4) is 0 Å². The molecule has 1 saturated heterocycles. The van der Waals surface area contributed by atoms with Crippen LogP contribution in [0.15, 0.2) is 0 Å². The van der Waals surface area contributed by atoms with E-state index in [0.29, 0.717) is 19.4 Å². The van der Waals surface area contributed by atoms with E-state index in [-0.39, 0.29) is 17.9 Å². The largest absolute Gasteiger partial charge is 0.376 e. The number of hydrogen-bond acceptors (Lipinski definition) is 6. The minimum absolute atomic E-state index is 0.0468. The van der Waals surface area contributed by atoms with Crippen molar-refractivity contribution in [2.75, 3.05) is 13.2 Å². The van der Waals surface area contributed by atoms with Crippen LogP contribution in [0.4, 0.5) is 0 Å². The Kier molecular flexibility index (Phi) is 4.68. The Labute approximate surface area is 133 Å². The first-order valence-corrected chi connectivity index (χ1v) is 8.54. The van der Waals surface area contributed by atoms with Crippen molar-refractivity contribution < 1.29 is 9.53 Å². The van der Waals surface area contributed by atoms with Gasteiger partial charge in [0.1, 0.15) is 5.01 Å². The summed E-state index contributed by atoms with van der Waals surface area (Å²) in [6.07, 6.45) is 3.38. The molecule has 8 heteroatoms. The quantitative estimate of drug-likeness (QED) is 0.872. The van der Waals surface area contributed by atoms with Crippen LogP contribution in [-0.4, -0.2) is 45.0 Å². The third-order valence-corrected chi connectivity index (χ3v) is 4.65. The average Bonchev–Trinajstić information content (AvgIpc) is 3.18. The summed E-state index contributed by atoms with van der Waals surface area (Å²) in [5, 5.41) is 16.6. The predicted molar refractivity (Wildman–Crippen MR) is 83.1 cm³/mol. The van der Waals surface area contributed by atoms with E-state index in [2.05, 4.69) is 34.5 Å². The minimum atomic E-state index is 0.0468. The molecule has 1 atom stereocenters. The van der Waals surface area contributed by atoms with Crippen molar-refractivity contribution in [3.8, 4) is 0 Å². The molecule has 0 radical (unpaired) electrons. The molecule has 1 aliphatic rings. The molecule has 0 spiro atoms. The summed E-state index contributed by atoms with van der Waals surface area (Å²) in [7, 11) is 0. The van der Waals surface area contributed by atoms with Crippen LogP contribution in [-0.2, 0) is 16.0 Å². The molecule has 7 nitrogen and oxygen atoms in total. The Morgan fingerprint density at radius 1 is 1.50 bits per heavy atom. The highest BCUT2D eigenvalue weighted by atomic mass is 32.1. The lowest BCUT2D eigenvalue weighted by molar-refractivity contribution is -0.121. The lowest BCUT2D eigenvalue weighted by atomic mass is 10.2. The van der Waals surface area contributed by atoms with Crippen LogP contribution >= 0.6 is 11.3 Å². The fourth-order valence-corrected chi connectivity index (χ4v) is 3.31. The van der Waals surface area contributed by atoms with E-state index in [1.165, 1.54) is 11.3 Å². The van der Waals surface area contributed by atoms with Crippen LogP contribution in [0.25, 0.3) is 4.96 Å². The molecule has 22 heavy (non-hydrogen) atoms. The van der Waals surface area contributed by atoms with Crippen LogP contribution in [0.1, 0.15) is 49.9 Å². The Morgan fingerprint density at radius 2 is 2.36 bits per heavy atom. The summed E-state index contributed by atoms with van der Waals surface area (Å²) in [6, 6.07) is 0. The number of carbonyl (C=O) groups excluding carboxylic acids is 1. The fraction of sp³-hybridized carbons (Fsp3) is 0.714. The Morgan fingerprint density at radius 3 is 3.09 bits per heavy atom. The van der Waals surface area contributed by atoms with E-state index in [1.807, 2.05) is 0 Å². The van der Waals surface area contributed by atoms with Crippen molar-refractivity contribution in [1.29, 1.82) is 0 Å². The molecule has 0 saturated carbocycles. The smallest absolute Gasteiger partial charge is 0.234 e. The summed E-state index contributed by atoms with van der Waals surface area (Å²) in [4.78, 5) is 12.7. The molecular formula is C14H21N5O2S. The number of carbonyl (C=O) groups is 1. The zero-order valence-corrected chi connectivity index (χ0v) is 13.7. The number of hydrogen-bond donors (Lipinski definition) is 1. The van der Waals surface area contributed by atoms with E-state index < -0.39 is 0 Å². The van der Waals surface area contributed by atoms with Crippen molar-refractivity contribution in [2.24, 2.45) is 0 Å². The molecule has 1 N–H and O–H groups in total. The lowest BCUT2D eigenvalue weighted by Gasteiger charge is -2.10.